The van der Waals surface area contributed by atoms with Gasteiger partial charge in [0.05, 0.1) is 0 Å². The van der Waals surface area contributed by atoms with Crippen molar-refractivity contribution < 1.29 is 0 Å². The molecule has 1 saturated heterocycles. The summed E-state index contributed by atoms with van der Waals surface area (Å²) >= 11 is 10.7. The monoisotopic (exact) mass is 330 g/mol. The fraction of sp³-hybridized carbons (Fsp3) is 0.867. The molecular formula is C15H30N4S2. The normalized spacial score (nSPS) is 17.7. The van der Waals surface area contributed by atoms with Gasteiger partial charge in [0.2, 0.25) is 0 Å². The van der Waals surface area contributed by atoms with Crippen molar-refractivity contribution in [2.45, 2.75) is 45.1 Å². The van der Waals surface area contributed by atoms with E-state index in [1.54, 1.807) is 0 Å². The van der Waals surface area contributed by atoms with E-state index in [4.69, 9.17) is 24.4 Å². The topological polar surface area (TPSA) is 21.8 Å². The zero-order valence-corrected chi connectivity index (χ0v) is 15.5. The number of thiocarbonyl (C=S) groups is 2. The maximum atomic E-state index is 5.43. The van der Waals surface area contributed by atoms with Gasteiger partial charge >= 0.3 is 0 Å². The van der Waals surface area contributed by atoms with Crippen molar-refractivity contribution >= 4 is 34.7 Å². The molecule has 1 atom stereocenters. The zero-order valence-electron chi connectivity index (χ0n) is 13.9. The highest BCUT2D eigenvalue weighted by molar-refractivity contribution is 7.81. The van der Waals surface area contributed by atoms with Gasteiger partial charge in [-0.2, -0.15) is 0 Å². The Labute approximate surface area is 140 Å². The van der Waals surface area contributed by atoms with E-state index in [1.807, 2.05) is 26.0 Å². The number of nitrogens with zero attached hydrogens (tertiary/aromatic N) is 3. The van der Waals surface area contributed by atoms with Crippen LogP contribution in [0.5, 0.6) is 0 Å². The summed E-state index contributed by atoms with van der Waals surface area (Å²) in [5.74, 6) is 0. The molecule has 122 valence electrons. The molecule has 0 aromatic heterocycles. The molecule has 4 nitrogen and oxygen atoms in total. The third kappa shape index (κ3) is 6.89. The third-order valence-electron chi connectivity index (χ3n) is 4.16. The smallest absolute Gasteiger partial charge is 0.175 e. The first-order valence-electron chi connectivity index (χ1n) is 7.89. The summed E-state index contributed by atoms with van der Waals surface area (Å²) in [6, 6.07) is 0.415. The van der Waals surface area contributed by atoms with Crippen LogP contribution in [0.3, 0.4) is 0 Å². The van der Waals surface area contributed by atoms with E-state index < -0.39 is 0 Å². The second kappa shape index (κ2) is 9.54. The van der Waals surface area contributed by atoms with Crippen LogP contribution in [0.15, 0.2) is 0 Å². The van der Waals surface area contributed by atoms with Crippen LogP contribution in [0.2, 0.25) is 0 Å². The van der Waals surface area contributed by atoms with Crippen molar-refractivity contribution in [3.05, 3.63) is 0 Å². The lowest BCUT2D eigenvalue weighted by molar-refractivity contribution is 0.248. The molecule has 0 spiro atoms. The average Bonchev–Trinajstić information content (AvgIpc) is 2.72. The molecular weight excluding hydrogens is 300 g/mol. The van der Waals surface area contributed by atoms with Crippen molar-refractivity contribution in [2.75, 3.05) is 40.8 Å². The Bertz CT molecular complexity index is 339. The number of rotatable bonds is 4. The molecule has 1 unspecified atom stereocenters. The lowest BCUT2D eigenvalue weighted by Gasteiger charge is -2.30. The molecule has 1 N–H and O–H groups in total. The minimum atomic E-state index is 0.415. The van der Waals surface area contributed by atoms with Crippen LogP contribution in [0.1, 0.15) is 39.0 Å². The van der Waals surface area contributed by atoms with Gasteiger partial charge in [-0.1, -0.05) is 12.8 Å². The van der Waals surface area contributed by atoms with Crippen molar-refractivity contribution in [1.82, 2.24) is 20.0 Å². The molecule has 1 aliphatic rings. The van der Waals surface area contributed by atoms with Gasteiger partial charge in [0.25, 0.3) is 0 Å². The molecule has 0 aliphatic carbocycles. The summed E-state index contributed by atoms with van der Waals surface area (Å²) in [7, 11) is 5.88. The van der Waals surface area contributed by atoms with Crippen molar-refractivity contribution in [3.8, 4) is 0 Å². The van der Waals surface area contributed by atoms with E-state index in [2.05, 4.69) is 22.0 Å². The van der Waals surface area contributed by atoms with E-state index in [0.717, 1.165) is 13.0 Å². The van der Waals surface area contributed by atoms with Gasteiger partial charge in [0, 0.05) is 33.7 Å². The van der Waals surface area contributed by atoms with E-state index >= 15 is 0 Å². The fourth-order valence-electron chi connectivity index (χ4n) is 2.41. The van der Waals surface area contributed by atoms with Crippen LogP contribution < -0.4 is 5.32 Å². The average molecular weight is 331 g/mol. The molecule has 0 bridgehead atoms. The quantitative estimate of drug-likeness (QED) is 0.793. The Balaban J connectivity index is 2.34. The number of likely N-dealkylation sites (tertiary alicyclic amines) is 1. The van der Waals surface area contributed by atoms with E-state index in [0.29, 0.717) is 16.3 Å². The highest BCUT2D eigenvalue weighted by Crippen LogP contribution is 2.11. The Morgan fingerprint density at radius 2 is 1.62 bits per heavy atom. The zero-order chi connectivity index (χ0) is 15.8. The highest BCUT2D eigenvalue weighted by atomic mass is 32.1. The second-order valence-electron chi connectivity index (χ2n) is 6.13. The van der Waals surface area contributed by atoms with Crippen LogP contribution in [-0.4, -0.2) is 71.7 Å². The largest absolute Gasteiger partial charge is 0.355 e. The summed E-state index contributed by atoms with van der Waals surface area (Å²) in [4.78, 5) is 6.57. The van der Waals surface area contributed by atoms with Crippen LogP contribution in [-0.2, 0) is 0 Å². The van der Waals surface area contributed by atoms with Crippen molar-refractivity contribution in [2.24, 2.45) is 0 Å². The van der Waals surface area contributed by atoms with Gasteiger partial charge in [-0.3, -0.25) is 0 Å². The Morgan fingerprint density at radius 1 is 1.05 bits per heavy atom. The third-order valence-corrected chi connectivity index (χ3v) is 5.02. The Morgan fingerprint density at radius 3 is 2.14 bits per heavy atom. The molecule has 0 radical (unpaired) electrons. The highest BCUT2D eigenvalue weighted by Gasteiger charge is 2.16. The lowest BCUT2D eigenvalue weighted by Crippen LogP contribution is -2.48. The first kappa shape index (κ1) is 18.6. The van der Waals surface area contributed by atoms with Gasteiger partial charge < -0.3 is 20.0 Å². The first-order chi connectivity index (χ1) is 9.91. The van der Waals surface area contributed by atoms with Crippen molar-refractivity contribution in [1.29, 1.82) is 0 Å². The molecule has 0 saturated carbocycles. The Kier molecular flexibility index (Phi) is 8.44. The molecule has 0 aromatic carbocycles. The van der Waals surface area contributed by atoms with Crippen LogP contribution in [0.25, 0.3) is 0 Å². The van der Waals surface area contributed by atoms with E-state index in [-0.39, 0.29) is 0 Å². The lowest BCUT2D eigenvalue weighted by atomic mass is 10.2. The Hall–Kier alpha value is -0.460. The van der Waals surface area contributed by atoms with Crippen LogP contribution >= 0.6 is 24.4 Å². The van der Waals surface area contributed by atoms with Gasteiger partial charge in [0.1, 0.15) is 0 Å². The minimum absolute atomic E-state index is 0.415. The summed E-state index contributed by atoms with van der Waals surface area (Å²) in [6.45, 7) is 5.89. The summed E-state index contributed by atoms with van der Waals surface area (Å²) in [6.07, 6.45) is 6.61. The van der Waals surface area contributed by atoms with Gasteiger partial charge in [-0.15, -0.1) is 0 Å². The molecule has 1 fully saturated rings. The van der Waals surface area contributed by atoms with Gasteiger partial charge in [0.15, 0.2) is 10.2 Å². The molecule has 0 aromatic rings. The fourth-order valence-corrected chi connectivity index (χ4v) is 2.85. The SMILES string of the molecule is CC(CCN1CCCCCC1)N(C)C(=S)NC(=S)N(C)C. The van der Waals surface area contributed by atoms with E-state index in [9.17, 15) is 0 Å². The summed E-state index contributed by atoms with van der Waals surface area (Å²) in [5.41, 5.74) is 0. The molecule has 1 aliphatic heterocycles. The summed E-state index contributed by atoms with van der Waals surface area (Å²) in [5, 5.41) is 4.47. The number of nitrogens with one attached hydrogen (secondary N) is 1. The predicted molar refractivity (Wildman–Crippen MR) is 98.8 cm³/mol. The molecule has 1 heterocycles. The maximum absolute atomic E-state index is 5.43. The molecule has 0 amide bonds. The van der Waals surface area contributed by atoms with Gasteiger partial charge in [-0.25, -0.2) is 0 Å². The van der Waals surface area contributed by atoms with Crippen molar-refractivity contribution in [3.63, 3.8) is 0 Å². The molecule has 21 heavy (non-hydrogen) atoms. The summed E-state index contributed by atoms with van der Waals surface area (Å²) < 4.78 is 0. The molecule has 1 rings (SSSR count). The van der Waals surface area contributed by atoms with Crippen LogP contribution in [0, 0.1) is 0 Å². The van der Waals surface area contributed by atoms with E-state index in [1.165, 1.54) is 38.8 Å². The molecule has 6 heteroatoms. The van der Waals surface area contributed by atoms with Crippen LogP contribution in [0.4, 0.5) is 0 Å². The maximum Gasteiger partial charge on any atom is 0.175 e. The first-order valence-corrected chi connectivity index (χ1v) is 8.71. The predicted octanol–water partition coefficient (Wildman–Crippen LogP) is 2.29. The van der Waals surface area contributed by atoms with Gasteiger partial charge in [-0.05, 0) is 63.7 Å². The second-order valence-corrected chi connectivity index (χ2v) is 6.91. The number of hydrogen-bond acceptors (Lipinski definition) is 3. The standard InChI is InChI=1S/C15H30N4S2/c1-13(9-12-19-10-7-5-6-8-11-19)18(4)15(21)16-14(20)17(2)3/h13H,5-12H2,1-4H3,(H,16,20,21). The number of hydrogen-bond donors (Lipinski definition) is 1. The minimum Gasteiger partial charge on any atom is -0.355 e.